The zero-order chi connectivity index (χ0) is 38.9. The van der Waals surface area contributed by atoms with Crippen molar-refractivity contribution in [3.8, 4) is 28.1 Å². The number of benzene rings is 8. The molecule has 0 radical (unpaired) electrons. The summed E-state index contributed by atoms with van der Waals surface area (Å²) >= 11 is 0. The molecule has 10 aromatic rings. The molecule has 0 spiro atoms. The van der Waals surface area contributed by atoms with Gasteiger partial charge in [-0.2, -0.15) is 10.1 Å². The Bertz CT molecular complexity index is 3180. The highest BCUT2D eigenvalue weighted by Crippen LogP contribution is 2.57. The number of aromatic nitrogens is 2. The van der Waals surface area contributed by atoms with Crippen molar-refractivity contribution in [2.75, 3.05) is 10.1 Å². The maximum absolute atomic E-state index is 6.75. The van der Waals surface area contributed by atoms with Gasteiger partial charge in [0.1, 0.15) is 5.82 Å². The van der Waals surface area contributed by atoms with E-state index in [9.17, 15) is 0 Å². The van der Waals surface area contributed by atoms with E-state index in [2.05, 4.69) is 199 Å². The molecule has 1 aliphatic carbocycles. The second-order valence-electron chi connectivity index (χ2n) is 15.2. The number of hydrogen-bond acceptors (Lipinski definition) is 4. The molecule has 8 aromatic carbocycles. The van der Waals surface area contributed by atoms with E-state index in [1.807, 2.05) is 34.5 Å². The largest absolute Gasteiger partial charge is 0.294 e. The molecular formula is C54H36N4O. The van der Waals surface area contributed by atoms with Gasteiger partial charge < -0.3 is 0 Å². The Morgan fingerprint density at radius 1 is 0.407 bits per heavy atom. The Kier molecular flexibility index (Phi) is 7.46. The van der Waals surface area contributed by atoms with Gasteiger partial charge in [-0.3, -0.25) is 4.57 Å². The first-order valence-electron chi connectivity index (χ1n) is 20.1. The summed E-state index contributed by atoms with van der Waals surface area (Å²) in [4.78, 5) is 11.8. The molecule has 2 aliphatic rings. The number of anilines is 4. The molecule has 0 atom stereocenters. The molecular weight excluding hydrogens is 721 g/mol. The van der Waals surface area contributed by atoms with Crippen LogP contribution in [0.2, 0.25) is 0 Å². The fraction of sp³-hybridized carbons (Fsp3) is 0.0185. The molecule has 5 heteroatoms. The summed E-state index contributed by atoms with van der Waals surface area (Å²) in [5.41, 5.74) is 15.0. The van der Waals surface area contributed by atoms with Crippen LogP contribution in [0.25, 0.3) is 49.9 Å². The van der Waals surface area contributed by atoms with Gasteiger partial charge in [0.25, 0.3) is 0 Å². The second kappa shape index (κ2) is 13.2. The van der Waals surface area contributed by atoms with E-state index in [-0.39, 0.29) is 0 Å². The molecule has 2 aromatic heterocycles. The van der Waals surface area contributed by atoms with E-state index in [4.69, 9.17) is 9.92 Å². The monoisotopic (exact) mass is 756 g/mol. The quantitative estimate of drug-likeness (QED) is 0.169. The number of hydrogen-bond donors (Lipinski definition) is 0. The van der Waals surface area contributed by atoms with Crippen LogP contribution in [0.5, 0.6) is 0 Å². The minimum atomic E-state index is -0.656. The number of fused-ring (bicyclic) bond motifs is 7. The van der Waals surface area contributed by atoms with Gasteiger partial charge in [-0.05, 0) is 105 Å². The molecule has 0 N–H and O–H groups in total. The number of nitrogens with zero attached hydrogens (tertiary/aromatic N) is 4. The van der Waals surface area contributed by atoms with Crippen molar-refractivity contribution in [1.29, 1.82) is 0 Å². The zero-order valence-electron chi connectivity index (χ0n) is 32.0. The Balaban J connectivity index is 1.10. The van der Waals surface area contributed by atoms with E-state index < -0.39 is 5.41 Å². The van der Waals surface area contributed by atoms with Crippen LogP contribution in [0.15, 0.2) is 219 Å². The highest BCUT2D eigenvalue weighted by molar-refractivity contribution is 6.09. The molecule has 12 rings (SSSR count). The van der Waals surface area contributed by atoms with Crippen LogP contribution in [-0.4, -0.2) is 9.55 Å². The van der Waals surface area contributed by atoms with Gasteiger partial charge in [-0.25, -0.2) is 4.98 Å². The lowest BCUT2D eigenvalue weighted by Crippen LogP contribution is -2.29. The lowest BCUT2D eigenvalue weighted by atomic mass is 9.67. The van der Waals surface area contributed by atoms with Crippen LogP contribution in [0.4, 0.5) is 22.7 Å². The third kappa shape index (κ3) is 4.99. The Morgan fingerprint density at radius 2 is 1.00 bits per heavy atom. The van der Waals surface area contributed by atoms with Gasteiger partial charge in [-0.15, -0.1) is 4.94 Å². The fourth-order valence-corrected chi connectivity index (χ4v) is 9.60. The minimum Gasteiger partial charge on any atom is -0.294 e. The predicted molar refractivity (Wildman–Crippen MR) is 240 cm³/mol. The van der Waals surface area contributed by atoms with Crippen molar-refractivity contribution in [2.45, 2.75) is 5.41 Å². The van der Waals surface area contributed by atoms with Crippen molar-refractivity contribution in [2.24, 2.45) is 0 Å². The minimum absolute atomic E-state index is 0.656. The molecule has 0 amide bonds. The lowest BCUT2D eigenvalue weighted by Gasteiger charge is -2.34. The smallest absolute Gasteiger partial charge is 0.138 e. The first-order chi connectivity index (χ1) is 29.3. The first kappa shape index (κ1) is 33.4. The average molecular weight is 757 g/mol. The predicted octanol–water partition coefficient (Wildman–Crippen LogP) is 13.3. The lowest BCUT2D eigenvalue weighted by molar-refractivity contribution is 0.156. The summed E-state index contributed by atoms with van der Waals surface area (Å²) in [5.74, 6) is 0.880. The summed E-state index contributed by atoms with van der Waals surface area (Å²) in [6.45, 7) is 0. The van der Waals surface area contributed by atoms with Crippen LogP contribution in [-0.2, 0) is 10.4 Å². The van der Waals surface area contributed by atoms with Gasteiger partial charge in [0.05, 0.1) is 39.2 Å². The van der Waals surface area contributed by atoms with Crippen molar-refractivity contribution < 1.29 is 4.94 Å². The maximum Gasteiger partial charge on any atom is 0.138 e. The third-order valence-corrected chi connectivity index (χ3v) is 12.1. The van der Waals surface area contributed by atoms with Gasteiger partial charge >= 0.3 is 0 Å². The normalized spacial score (nSPS) is 13.8. The topological polar surface area (TPSA) is 33.5 Å². The number of rotatable bonds is 6. The van der Waals surface area contributed by atoms with E-state index in [0.717, 1.165) is 56.3 Å². The molecule has 0 saturated heterocycles. The van der Waals surface area contributed by atoms with Gasteiger partial charge in [0.2, 0.25) is 0 Å². The van der Waals surface area contributed by atoms with Gasteiger partial charge in [0.15, 0.2) is 0 Å². The molecule has 3 heterocycles. The van der Waals surface area contributed by atoms with E-state index >= 15 is 0 Å². The van der Waals surface area contributed by atoms with Crippen molar-refractivity contribution in [1.82, 2.24) is 9.55 Å². The standard InChI is InChI=1S/C54H36N4O/c1-3-16-37(17-4-1)38-32-33-55-53(34-38)56-49-27-12-9-24-45(49)46-31-30-40(36-52(46)56)54(47-25-10-7-22-43(47)44-23-8-11-26-48(44)54)39-18-15-21-42(35-39)58-51-29-14-13-28-50(51)57(59-58)41-19-5-2-6-20-41/h1-36H. The SMILES string of the molecule is c1ccc(-c2ccnc(-n3c4ccccc4c4ccc(C5(c6cccc(N7ON(c8ccccc8)c8ccccc87)c6)c6ccccc6-c6ccccc65)cc43)c2)cc1. The summed E-state index contributed by atoms with van der Waals surface area (Å²) in [5, 5.41) is 6.24. The second-order valence-corrected chi connectivity index (χ2v) is 15.2. The van der Waals surface area contributed by atoms with Crippen LogP contribution >= 0.6 is 0 Å². The number of pyridine rings is 1. The molecule has 0 saturated carbocycles. The molecule has 0 fully saturated rings. The van der Waals surface area contributed by atoms with Crippen molar-refractivity contribution in [3.05, 3.63) is 241 Å². The van der Waals surface area contributed by atoms with Gasteiger partial charge in [-0.1, -0.05) is 152 Å². The Labute approximate surface area is 342 Å². The molecule has 0 bridgehead atoms. The fourth-order valence-electron chi connectivity index (χ4n) is 9.60. The van der Waals surface area contributed by atoms with E-state index in [0.29, 0.717) is 0 Å². The van der Waals surface area contributed by atoms with Crippen LogP contribution in [0.1, 0.15) is 22.3 Å². The van der Waals surface area contributed by atoms with E-state index in [1.54, 1.807) is 0 Å². The summed E-state index contributed by atoms with van der Waals surface area (Å²) in [6.07, 6.45) is 1.93. The number of para-hydroxylation sites is 4. The first-order valence-corrected chi connectivity index (χ1v) is 20.1. The van der Waals surface area contributed by atoms with Crippen LogP contribution in [0, 0.1) is 0 Å². The highest BCUT2D eigenvalue weighted by atomic mass is 16.8. The highest BCUT2D eigenvalue weighted by Gasteiger charge is 2.46. The Morgan fingerprint density at radius 3 is 1.76 bits per heavy atom. The van der Waals surface area contributed by atoms with Crippen molar-refractivity contribution >= 4 is 44.6 Å². The summed E-state index contributed by atoms with van der Waals surface area (Å²) in [7, 11) is 0. The molecule has 1 aliphatic heterocycles. The Hall–Kier alpha value is -7.73. The van der Waals surface area contributed by atoms with E-state index in [1.165, 1.54) is 38.6 Å². The maximum atomic E-state index is 6.75. The zero-order valence-corrected chi connectivity index (χ0v) is 32.0. The molecule has 5 nitrogen and oxygen atoms in total. The molecule has 278 valence electrons. The third-order valence-electron chi connectivity index (χ3n) is 12.1. The summed E-state index contributed by atoms with van der Waals surface area (Å²) in [6, 6.07) is 75.9. The summed E-state index contributed by atoms with van der Waals surface area (Å²) < 4.78 is 2.34. The average Bonchev–Trinajstić information content (AvgIpc) is 3.97. The van der Waals surface area contributed by atoms with Crippen LogP contribution < -0.4 is 10.1 Å². The van der Waals surface area contributed by atoms with Gasteiger partial charge in [0, 0.05) is 17.0 Å². The van der Waals surface area contributed by atoms with Crippen LogP contribution in [0.3, 0.4) is 0 Å². The molecule has 0 unspecified atom stereocenters. The van der Waals surface area contributed by atoms with Crippen molar-refractivity contribution in [3.63, 3.8) is 0 Å². The molecule has 59 heavy (non-hydrogen) atoms.